The van der Waals surface area contributed by atoms with Gasteiger partial charge in [0.25, 0.3) is 0 Å². The third kappa shape index (κ3) is 6.06. The molecule has 40 heavy (non-hydrogen) atoms. The zero-order valence-corrected chi connectivity index (χ0v) is 25.3. The van der Waals surface area contributed by atoms with Crippen molar-refractivity contribution < 1.29 is 19.0 Å². The minimum Gasteiger partial charge on any atom is -0.497 e. The van der Waals surface area contributed by atoms with Crippen molar-refractivity contribution in [3.05, 3.63) is 82.1 Å². The van der Waals surface area contributed by atoms with E-state index in [9.17, 15) is 4.79 Å². The van der Waals surface area contributed by atoms with Crippen molar-refractivity contribution in [3.63, 3.8) is 0 Å². The first-order valence-electron chi connectivity index (χ1n) is 14.1. The molecule has 2 amide bonds. The molecular formula is C33H45N3O4. The second kappa shape index (κ2) is 12.5. The topological polar surface area (TPSA) is 54.5 Å². The van der Waals surface area contributed by atoms with Crippen molar-refractivity contribution in [2.45, 2.75) is 59.2 Å². The minimum atomic E-state index is -0.397. The number of nitrogens with zero attached hydrogens (tertiary/aromatic N) is 3. The van der Waals surface area contributed by atoms with E-state index in [2.05, 4.69) is 67.5 Å². The molecule has 0 radical (unpaired) electrons. The van der Waals surface area contributed by atoms with Crippen molar-refractivity contribution in [1.29, 1.82) is 0 Å². The minimum absolute atomic E-state index is 0.0476. The number of carbonyl (C=O) groups is 1. The lowest BCUT2D eigenvalue weighted by Crippen LogP contribution is -2.54. The molecule has 0 N–H and O–H groups in total. The molecule has 2 heterocycles. The average molecular weight is 548 g/mol. The lowest BCUT2D eigenvalue weighted by atomic mass is 9.82. The molecule has 7 heteroatoms. The van der Waals surface area contributed by atoms with E-state index in [1.54, 1.807) is 21.3 Å². The van der Waals surface area contributed by atoms with Gasteiger partial charge in [0, 0.05) is 45.1 Å². The lowest BCUT2D eigenvalue weighted by molar-refractivity contribution is 0.0671. The Bertz CT molecular complexity index is 1230. The molecule has 4 rings (SSSR count). The summed E-state index contributed by atoms with van der Waals surface area (Å²) in [6.07, 6.45) is 3.80. The van der Waals surface area contributed by atoms with Crippen LogP contribution in [0.1, 0.15) is 47.6 Å². The van der Waals surface area contributed by atoms with E-state index in [4.69, 9.17) is 14.2 Å². The summed E-state index contributed by atoms with van der Waals surface area (Å²) in [5.41, 5.74) is 7.70. The third-order valence-electron chi connectivity index (χ3n) is 8.48. The second-order valence-electron chi connectivity index (χ2n) is 11.3. The number of methoxy groups -OCH3 is 3. The highest BCUT2D eigenvalue weighted by molar-refractivity contribution is 5.82. The zero-order chi connectivity index (χ0) is 29.0. The van der Waals surface area contributed by atoms with Crippen LogP contribution >= 0.6 is 0 Å². The largest absolute Gasteiger partial charge is 0.497 e. The number of rotatable bonds is 10. The molecule has 0 saturated carbocycles. The molecule has 2 aliphatic rings. The third-order valence-corrected chi connectivity index (χ3v) is 8.48. The number of ether oxygens (including phenoxy) is 3. The summed E-state index contributed by atoms with van der Waals surface area (Å²) in [5.74, 6) is 1.58. The number of benzene rings is 2. The molecule has 2 fully saturated rings. The van der Waals surface area contributed by atoms with Crippen LogP contribution in [-0.2, 0) is 17.8 Å². The Kier molecular flexibility index (Phi) is 9.26. The summed E-state index contributed by atoms with van der Waals surface area (Å²) in [6.45, 7) is 16.7. The number of likely N-dealkylation sites (tertiary alicyclic amines) is 1. The second-order valence-corrected chi connectivity index (χ2v) is 11.3. The van der Waals surface area contributed by atoms with E-state index in [0.717, 1.165) is 66.4 Å². The van der Waals surface area contributed by atoms with Crippen molar-refractivity contribution in [1.82, 2.24) is 14.7 Å². The van der Waals surface area contributed by atoms with E-state index < -0.39 is 5.54 Å². The quantitative estimate of drug-likeness (QED) is 0.365. The fourth-order valence-corrected chi connectivity index (χ4v) is 6.13. The highest BCUT2D eigenvalue weighted by Gasteiger charge is 2.54. The Labute approximate surface area is 240 Å². The van der Waals surface area contributed by atoms with Gasteiger partial charge in [-0.1, -0.05) is 24.3 Å². The van der Waals surface area contributed by atoms with E-state index in [1.807, 2.05) is 17.9 Å². The molecule has 1 spiro atoms. The van der Waals surface area contributed by atoms with E-state index in [0.29, 0.717) is 19.7 Å². The highest BCUT2D eigenvalue weighted by atomic mass is 16.5. The van der Waals surface area contributed by atoms with Gasteiger partial charge in [-0.3, -0.25) is 9.80 Å². The van der Waals surface area contributed by atoms with Gasteiger partial charge in [0.15, 0.2) is 0 Å². The Morgan fingerprint density at radius 3 is 2.02 bits per heavy atom. The van der Waals surface area contributed by atoms with Gasteiger partial charge in [0.05, 0.1) is 32.9 Å². The predicted molar refractivity (Wildman–Crippen MR) is 160 cm³/mol. The van der Waals surface area contributed by atoms with Gasteiger partial charge in [-0.2, -0.15) is 0 Å². The molecule has 216 valence electrons. The van der Waals surface area contributed by atoms with Crippen LogP contribution in [0.4, 0.5) is 4.79 Å². The number of carbonyl (C=O) groups excluding carboxylic acids is 1. The maximum atomic E-state index is 14.1. The fraction of sp³-hybridized carbons (Fsp3) is 0.485. The first kappa shape index (κ1) is 29.7. The molecule has 0 bridgehead atoms. The van der Waals surface area contributed by atoms with Crippen LogP contribution in [0.2, 0.25) is 0 Å². The van der Waals surface area contributed by atoms with Crippen molar-refractivity contribution in [3.8, 4) is 11.5 Å². The highest BCUT2D eigenvalue weighted by Crippen LogP contribution is 2.45. The Hall–Kier alpha value is -3.29. The maximum Gasteiger partial charge on any atom is 0.325 e. The van der Waals surface area contributed by atoms with E-state index >= 15 is 0 Å². The van der Waals surface area contributed by atoms with Gasteiger partial charge in [0.1, 0.15) is 11.5 Å². The van der Waals surface area contributed by atoms with Gasteiger partial charge >= 0.3 is 6.03 Å². The van der Waals surface area contributed by atoms with Crippen LogP contribution in [0.3, 0.4) is 0 Å². The number of urea groups is 1. The van der Waals surface area contributed by atoms with Crippen LogP contribution in [-0.4, -0.2) is 73.8 Å². The number of aryl methyl sites for hydroxylation is 2. The molecular weight excluding hydrogens is 502 g/mol. The van der Waals surface area contributed by atoms with Gasteiger partial charge in [0.2, 0.25) is 0 Å². The molecule has 0 aromatic heterocycles. The van der Waals surface area contributed by atoms with E-state index in [-0.39, 0.29) is 6.03 Å². The maximum absolute atomic E-state index is 14.1. The zero-order valence-electron chi connectivity index (χ0n) is 25.3. The summed E-state index contributed by atoms with van der Waals surface area (Å²) < 4.78 is 16.4. The number of hydrogen-bond acceptors (Lipinski definition) is 5. The molecule has 0 unspecified atom stereocenters. The summed E-state index contributed by atoms with van der Waals surface area (Å²) in [4.78, 5) is 20.6. The van der Waals surface area contributed by atoms with Crippen molar-refractivity contribution in [2.24, 2.45) is 0 Å². The molecule has 0 atom stereocenters. The van der Waals surface area contributed by atoms with Gasteiger partial charge in [-0.15, -0.1) is 0 Å². The lowest BCUT2D eigenvalue weighted by Gasteiger charge is -2.44. The van der Waals surface area contributed by atoms with Crippen LogP contribution in [0.5, 0.6) is 11.5 Å². The molecule has 2 saturated heterocycles. The van der Waals surface area contributed by atoms with Crippen molar-refractivity contribution >= 4 is 6.03 Å². The van der Waals surface area contributed by atoms with Crippen molar-refractivity contribution in [2.75, 3.05) is 47.6 Å². The predicted octanol–water partition coefficient (Wildman–Crippen LogP) is 6.01. The van der Waals surface area contributed by atoms with Gasteiger partial charge in [-0.25, -0.2) is 4.79 Å². The Morgan fingerprint density at radius 2 is 1.50 bits per heavy atom. The molecule has 2 aromatic carbocycles. The molecule has 7 nitrogen and oxygen atoms in total. The number of piperidine rings is 1. The Balaban J connectivity index is 1.63. The summed E-state index contributed by atoms with van der Waals surface area (Å²) in [5, 5.41) is 0. The van der Waals surface area contributed by atoms with Gasteiger partial charge in [-0.05, 0) is 86.6 Å². The first-order chi connectivity index (χ1) is 19.1. The number of hydrogen-bond donors (Lipinski definition) is 0. The smallest absolute Gasteiger partial charge is 0.325 e. The molecule has 0 aliphatic carbocycles. The van der Waals surface area contributed by atoms with Crippen LogP contribution in [0.25, 0.3) is 0 Å². The SMILES string of the molecule is C=C(C)/C=C1\N(Cc2cc(C)c(C)c(C)c2)C(=O)N(CCOC)C12CCN(Cc1cc(OC)cc(OC)c1)CC2. The standard InChI is InChI=1S/C33H45N3O4/c1-23(2)15-31-33(9-11-34(12-10-33)21-28-18-29(39-7)20-30(19-28)40-8)36(13-14-38-6)32(37)35(31)22-27-16-24(3)26(5)25(4)17-27/h15-20H,1,9-14,21-22H2,2-8H3/b31-15-. The number of amides is 2. The number of allylic oxidation sites excluding steroid dienone is 2. The van der Waals surface area contributed by atoms with Crippen LogP contribution in [0, 0.1) is 20.8 Å². The van der Waals surface area contributed by atoms with Crippen LogP contribution in [0.15, 0.2) is 54.3 Å². The Morgan fingerprint density at radius 1 is 0.925 bits per heavy atom. The molecule has 2 aromatic rings. The summed E-state index contributed by atoms with van der Waals surface area (Å²) >= 11 is 0. The molecule has 2 aliphatic heterocycles. The summed E-state index contributed by atoms with van der Waals surface area (Å²) in [7, 11) is 5.04. The fourth-order valence-electron chi connectivity index (χ4n) is 6.13. The van der Waals surface area contributed by atoms with Crippen LogP contribution < -0.4 is 9.47 Å². The summed E-state index contributed by atoms with van der Waals surface area (Å²) in [6, 6.07) is 10.5. The monoisotopic (exact) mass is 547 g/mol. The average Bonchev–Trinajstić information content (AvgIpc) is 3.12. The first-order valence-corrected chi connectivity index (χ1v) is 14.1. The van der Waals surface area contributed by atoms with E-state index in [1.165, 1.54) is 16.7 Å². The normalized spacial score (nSPS) is 18.2. The van der Waals surface area contributed by atoms with Gasteiger partial charge < -0.3 is 19.1 Å².